The lowest BCUT2D eigenvalue weighted by Gasteiger charge is -2.25. The second-order valence-electron chi connectivity index (χ2n) is 5.03. The minimum atomic E-state index is 0.00424. The summed E-state index contributed by atoms with van der Waals surface area (Å²) in [5, 5.41) is 6.70. The first kappa shape index (κ1) is 12.7. The molecule has 2 rings (SSSR count). The van der Waals surface area contributed by atoms with Crippen molar-refractivity contribution in [3.63, 3.8) is 0 Å². The number of nitrogens with one attached hydrogen (secondary N) is 2. The molecular formula is C13H21N5. The Labute approximate surface area is 108 Å². The first-order chi connectivity index (χ1) is 8.55. The van der Waals surface area contributed by atoms with Crippen molar-refractivity contribution in [1.82, 2.24) is 14.4 Å². The number of hydrogen-bond acceptors (Lipinski definition) is 4. The van der Waals surface area contributed by atoms with E-state index in [4.69, 9.17) is 0 Å². The van der Waals surface area contributed by atoms with E-state index in [1.807, 2.05) is 16.8 Å². The zero-order chi connectivity index (χ0) is 13.2. The van der Waals surface area contributed by atoms with E-state index in [9.17, 15) is 0 Å². The Balaban J connectivity index is 2.43. The Morgan fingerprint density at radius 3 is 2.78 bits per heavy atom. The largest absolute Gasteiger partial charge is 0.369 e. The fraction of sp³-hybridized carbons (Fsp3) is 0.538. The van der Waals surface area contributed by atoms with Crippen molar-refractivity contribution in [2.75, 3.05) is 17.2 Å². The molecule has 0 aliphatic carbocycles. The van der Waals surface area contributed by atoms with Crippen LogP contribution in [0.2, 0.25) is 0 Å². The topological polar surface area (TPSA) is 54.2 Å². The standard InChI is InChI=1S/C13H21N5/c1-5-13(3,4)17-11-12-15-7-8-18(12)9-10(16-11)14-6-2/h7-9,14H,5-6H2,1-4H3,(H,16,17). The number of rotatable bonds is 5. The molecule has 0 radical (unpaired) electrons. The third-order valence-electron chi connectivity index (χ3n) is 3.07. The highest BCUT2D eigenvalue weighted by atomic mass is 15.2. The van der Waals surface area contributed by atoms with Gasteiger partial charge in [-0.25, -0.2) is 9.97 Å². The van der Waals surface area contributed by atoms with Crippen LogP contribution >= 0.6 is 0 Å². The van der Waals surface area contributed by atoms with Crippen LogP contribution in [-0.2, 0) is 0 Å². The normalized spacial score (nSPS) is 11.8. The van der Waals surface area contributed by atoms with E-state index in [0.717, 1.165) is 30.2 Å². The van der Waals surface area contributed by atoms with Gasteiger partial charge in [-0.3, -0.25) is 0 Å². The van der Waals surface area contributed by atoms with Gasteiger partial charge >= 0.3 is 0 Å². The van der Waals surface area contributed by atoms with Gasteiger partial charge in [-0.1, -0.05) is 6.92 Å². The van der Waals surface area contributed by atoms with Gasteiger partial charge in [-0.15, -0.1) is 0 Å². The van der Waals surface area contributed by atoms with Gasteiger partial charge in [0.25, 0.3) is 0 Å². The first-order valence-corrected chi connectivity index (χ1v) is 6.41. The molecule has 0 spiro atoms. The number of fused-ring (bicyclic) bond motifs is 1. The zero-order valence-corrected chi connectivity index (χ0v) is 11.5. The molecule has 5 heteroatoms. The highest BCUT2D eigenvalue weighted by molar-refractivity contribution is 5.66. The molecule has 2 aromatic heterocycles. The maximum atomic E-state index is 4.59. The molecule has 0 aliphatic rings. The van der Waals surface area contributed by atoms with Crippen LogP contribution in [0.4, 0.5) is 11.6 Å². The summed E-state index contributed by atoms with van der Waals surface area (Å²) in [4.78, 5) is 8.94. The zero-order valence-electron chi connectivity index (χ0n) is 11.5. The predicted molar refractivity (Wildman–Crippen MR) is 75.1 cm³/mol. The Hall–Kier alpha value is -1.78. The number of hydrogen-bond donors (Lipinski definition) is 2. The van der Waals surface area contributed by atoms with Crippen molar-refractivity contribution in [3.8, 4) is 0 Å². The fourth-order valence-electron chi connectivity index (χ4n) is 1.69. The van der Waals surface area contributed by atoms with Crippen molar-refractivity contribution >= 4 is 17.3 Å². The van der Waals surface area contributed by atoms with E-state index in [1.54, 1.807) is 6.20 Å². The van der Waals surface area contributed by atoms with Crippen LogP contribution < -0.4 is 10.6 Å². The SMILES string of the molecule is CCNc1cn2ccnc2c(NC(C)(C)CC)n1. The van der Waals surface area contributed by atoms with E-state index in [0.29, 0.717) is 0 Å². The Kier molecular flexibility index (Phi) is 3.41. The molecule has 0 amide bonds. The number of anilines is 2. The molecule has 18 heavy (non-hydrogen) atoms. The average molecular weight is 247 g/mol. The second kappa shape index (κ2) is 4.84. The smallest absolute Gasteiger partial charge is 0.180 e. The summed E-state index contributed by atoms with van der Waals surface area (Å²) < 4.78 is 1.99. The van der Waals surface area contributed by atoms with Gasteiger partial charge < -0.3 is 15.0 Å². The third-order valence-corrected chi connectivity index (χ3v) is 3.07. The minimum Gasteiger partial charge on any atom is -0.369 e. The molecule has 2 heterocycles. The summed E-state index contributed by atoms with van der Waals surface area (Å²) in [6.45, 7) is 9.39. The van der Waals surface area contributed by atoms with E-state index < -0.39 is 0 Å². The van der Waals surface area contributed by atoms with E-state index in [2.05, 4.69) is 48.3 Å². The Bertz CT molecular complexity index is 529. The predicted octanol–water partition coefficient (Wildman–Crippen LogP) is 2.76. The second-order valence-corrected chi connectivity index (χ2v) is 5.03. The quantitative estimate of drug-likeness (QED) is 0.853. The Morgan fingerprint density at radius 2 is 2.11 bits per heavy atom. The van der Waals surface area contributed by atoms with Crippen LogP contribution in [0.15, 0.2) is 18.6 Å². The lowest BCUT2D eigenvalue weighted by atomic mass is 10.0. The summed E-state index contributed by atoms with van der Waals surface area (Å²) in [6, 6.07) is 0. The molecule has 0 unspecified atom stereocenters. The van der Waals surface area contributed by atoms with Crippen LogP contribution in [0.1, 0.15) is 34.1 Å². The monoisotopic (exact) mass is 247 g/mol. The van der Waals surface area contributed by atoms with Gasteiger partial charge in [0.05, 0.1) is 6.20 Å². The van der Waals surface area contributed by atoms with Gasteiger partial charge in [-0.05, 0) is 27.2 Å². The lowest BCUT2D eigenvalue weighted by Crippen LogP contribution is -2.30. The molecule has 5 nitrogen and oxygen atoms in total. The Morgan fingerprint density at radius 1 is 1.33 bits per heavy atom. The average Bonchev–Trinajstić information content (AvgIpc) is 2.77. The van der Waals surface area contributed by atoms with Crippen LogP contribution in [0, 0.1) is 0 Å². The molecule has 2 aromatic rings. The van der Waals surface area contributed by atoms with Crippen LogP contribution in [0.25, 0.3) is 5.65 Å². The number of aromatic nitrogens is 3. The molecule has 0 saturated heterocycles. The summed E-state index contributed by atoms with van der Waals surface area (Å²) in [5.74, 6) is 1.68. The van der Waals surface area contributed by atoms with Crippen LogP contribution in [-0.4, -0.2) is 26.5 Å². The first-order valence-electron chi connectivity index (χ1n) is 6.41. The fourth-order valence-corrected chi connectivity index (χ4v) is 1.69. The molecule has 0 aromatic carbocycles. The molecule has 0 aliphatic heterocycles. The number of nitrogens with zero attached hydrogens (tertiary/aromatic N) is 3. The molecule has 0 fully saturated rings. The van der Waals surface area contributed by atoms with Crippen LogP contribution in [0.3, 0.4) is 0 Å². The molecule has 0 bridgehead atoms. The maximum Gasteiger partial charge on any atom is 0.180 e. The van der Waals surface area contributed by atoms with Gasteiger partial charge in [0, 0.05) is 24.5 Å². The third kappa shape index (κ3) is 2.55. The summed E-state index contributed by atoms with van der Waals surface area (Å²) in [7, 11) is 0. The van der Waals surface area contributed by atoms with Crippen molar-refractivity contribution < 1.29 is 0 Å². The summed E-state index contributed by atoms with van der Waals surface area (Å²) in [5.41, 5.74) is 0.864. The summed E-state index contributed by atoms with van der Waals surface area (Å²) >= 11 is 0. The van der Waals surface area contributed by atoms with Crippen molar-refractivity contribution in [2.24, 2.45) is 0 Å². The van der Waals surface area contributed by atoms with Gasteiger partial charge in [0.1, 0.15) is 5.82 Å². The van der Waals surface area contributed by atoms with Crippen LogP contribution in [0.5, 0.6) is 0 Å². The lowest BCUT2D eigenvalue weighted by molar-refractivity contribution is 0.545. The van der Waals surface area contributed by atoms with Crippen molar-refractivity contribution in [1.29, 1.82) is 0 Å². The summed E-state index contributed by atoms with van der Waals surface area (Å²) in [6.07, 6.45) is 6.70. The molecule has 2 N–H and O–H groups in total. The van der Waals surface area contributed by atoms with Gasteiger partial charge in [0.2, 0.25) is 0 Å². The highest BCUT2D eigenvalue weighted by Crippen LogP contribution is 2.21. The maximum absolute atomic E-state index is 4.59. The molecule has 0 saturated carbocycles. The van der Waals surface area contributed by atoms with Crippen molar-refractivity contribution in [2.45, 2.75) is 39.7 Å². The van der Waals surface area contributed by atoms with Crippen molar-refractivity contribution in [3.05, 3.63) is 18.6 Å². The highest BCUT2D eigenvalue weighted by Gasteiger charge is 2.18. The van der Waals surface area contributed by atoms with Gasteiger partial charge in [0.15, 0.2) is 11.5 Å². The van der Waals surface area contributed by atoms with Gasteiger partial charge in [-0.2, -0.15) is 0 Å². The minimum absolute atomic E-state index is 0.00424. The van der Waals surface area contributed by atoms with E-state index >= 15 is 0 Å². The number of imidazole rings is 1. The molecular weight excluding hydrogens is 226 g/mol. The molecule has 98 valence electrons. The molecule has 0 atom stereocenters. The van der Waals surface area contributed by atoms with E-state index in [1.165, 1.54) is 0 Å². The van der Waals surface area contributed by atoms with E-state index in [-0.39, 0.29) is 5.54 Å².